The lowest BCUT2D eigenvalue weighted by Crippen LogP contribution is -2.21. The number of alkyl halides is 3. The van der Waals surface area contributed by atoms with Crippen LogP contribution in [0.5, 0.6) is 0 Å². The molecule has 6 heteroatoms. The molecule has 0 spiro atoms. The third-order valence-corrected chi connectivity index (χ3v) is 2.55. The molecule has 0 aromatic carbocycles. The number of ether oxygens (including phenoxy) is 2. The van der Waals surface area contributed by atoms with Crippen molar-refractivity contribution in [1.82, 2.24) is 0 Å². The Hall–Kier alpha value is -0.800. The number of rotatable bonds is 5. The molecule has 1 rings (SSSR count). The summed E-state index contributed by atoms with van der Waals surface area (Å²) in [4.78, 5) is 0. The van der Waals surface area contributed by atoms with Crippen LogP contribution >= 0.6 is 0 Å². The van der Waals surface area contributed by atoms with E-state index in [2.05, 4.69) is 10.8 Å². The molecule has 1 aliphatic rings. The van der Waals surface area contributed by atoms with Crippen LogP contribution in [0.15, 0.2) is 0 Å². The predicted octanol–water partition coefficient (Wildman–Crippen LogP) is 2.28. The van der Waals surface area contributed by atoms with Gasteiger partial charge in [-0.05, 0) is 19.3 Å². The lowest BCUT2D eigenvalue weighted by molar-refractivity contribution is -0.174. The molecule has 0 radical (unpaired) electrons. The summed E-state index contributed by atoms with van der Waals surface area (Å²) < 4.78 is 44.8. The summed E-state index contributed by atoms with van der Waals surface area (Å²) in [7, 11) is 0. The van der Waals surface area contributed by atoms with Gasteiger partial charge in [0.2, 0.25) is 0 Å². The van der Waals surface area contributed by atoms with E-state index in [1.807, 2.05) is 0 Å². The maximum absolute atomic E-state index is 11.7. The first-order chi connectivity index (χ1) is 7.47. The van der Waals surface area contributed by atoms with Crippen molar-refractivity contribution in [3.63, 3.8) is 0 Å². The number of hydrogen-bond donors (Lipinski definition) is 0. The van der Waals surface area contributed by atoms with Gasteiger partial charge in [-0.25, -0.2) is 0 Å². The van der Waals surface area contributed by atoms with Gasteiger partial charge in [0.05, 0.1) is 18.1 Å². The summed E-state index contributed by atoms with van der Waals surface area (Å²) in [5.41, 5.74) is -0.512. The fourth-order valence-corrected chi connectivity index (χ4v) is 1.65. The van der Waals surface area contributed by atoms with E-state index in [1.54, 1.807) is 0 Å². The Morgan fingerprint density at radius 2 is 2.19 bits per heavy atom. The molecule has 0 aromatic rings. The van der Waals surface area contributed by atoms with Crippen molar-refractivity contribution < 1.29 is 22.6 Å². The first kappa shape index (κ1) is 13.3. The van der Waals surface area contributed by atoms with Gasteiger partial charge in [-0.2, -0.15) is 18.4 Å². The molecule has 1 atom stereocenters. The minimum absolute atomic E-state index is 0.0307. The van der Waals surface area contributed by atoms with Crippen molar-refractivity contribution >= 4 is 0 Å². The van der Waals surface area contributed by atoms with Gasteiger partial charge < -0.3 is 9.47 Å². The molecule has 3 nitrogen and oxygen atoms in total. The zero-order valence-corrected chi connectivity index (χ0v) is 8.85. The maximum atomic E-state index is 11.7. The van der Waals surface area contributed by atoms with Crippen molar-refractivity contribution in [3.8, 4) is 6.07 Å². The average molecular weight is 237 g/mol. The Balaban J connectivity index is 2.13. The topological polar surface area (TPSA) is 42.2 Å². The van der Waals surface area contributed by atoms with Crippen LogP contribution in [0, 0.1) is 16.7 Å². The summed E-state index contributed by atoms with van der Waals surface area (Å²) in [6.45, 7) is -0.258. The Morgan fingerprint density at radius 3 is 2.69 bits per heavy atom. The van der Waals surface area contributed by atoms with Gasteiger partial charge in [-0.1, -0.05) is 0 Å². The molecule has 1 saturated heterocycles. The molecular formula is C10H14F3NO2. The van der Waals surface area contributed by atoms with E-state index in [1.165, 1.54) is 0 Å². The van der Waals surface area contributed by atoms with Gasteiger partial charge in [0, 0.05) is 13.2 Å². The molecule has 1 fully saturated rings. The number of hydrogen-bond acceptors (Lipinski definition) is 3. The number of nitrogens with zero attached hydrogens (tertiary/aromatic N) is 1. The van der Waals surface area contributed by atoms with Gasteiger partial charge >= 0.3 is 6.18 Å². The van der Waals surface area contributed by atoms with E-state index in [0.717, 1.165) is 0 Å². The summed E-state index contributed by atoms with van der Waals surface area (Å²) in [6.07, 6.45) is -2.64. The molecule has 0 saturated carbocycles. The highest BCUT2D eigenvalue weighted by atomic mass is 19.4. The summed E-state index contributed by atoms with van der Waals surface area (Å²) in [5.74, 6) is 0. The minimum atomic E-state index is -4.27. The molecule has 16 heavy (non-hydrogen) atoms. The van der Waals surface area contributed by atoms with Crippen molar-refractivity contribution in [2.75, 3.05) is 26.4 Å². The molecule has 1 heterocycles. The van der Waals surface area contributed by atoms with Crippen LogP contribution in [0.25, 0.3) is 0 Å². The summed E-state index contributed by atoms with van der Waals surface area (Å²) in [6, 6.07) is 2.18. The molecule has 0 aliphatic carbocycles. The Bertz CT molecular complexity index is 254. The van der Waals surface area contributed by atoms with Crippen molar-refractivity contribution in [3.05, 3.63) is 0 Å². The first-order valence-corrected chi connectivity index (χ1v) is 5.11. The third-order valence-electron chi connectivity index (χ3n) is 2.55. The summed E-state index contributed by atoms with van der Waals surface area (Å²) >= 11 is 0. The van der Waals surface area contributed by atoms with Crippen molar-refractivity contribution in [1.29, 1.82) is 5.26 Å². The Kier molecular flexibility index (Phi) is 4.56. The van der Waals surface area contributed by atoms with Crippen LogP contribution < -0.4 is 0 Å². The Morgan fingerprint density at radius 1 is 1.44 bits per heavy atom. The van der Waals surface area contributed by atoms with Crippen molar-refractivity contribution in [2.45, 2.75) is 25.4 Å². The van der Waals surface area contributed by atoms with E-state index >= 15 is 0 Å². The second-order valence-corrected chi connectivity index (χ2v) is 3.97. The highest BCUT2D eigenvalue weighted by molar-refractivity contribution is 5.01. The standard InChI is InChI=1S/C10H14F3NO2/c11-10(12,13)8-15-4-1-2-9(6-14)3-5-16-7-9/h1-5,7-8H2. The highest BCUT2D eigenvalue weighted by Crippen LogP contribution is 2.32. The fraction of sp³-hybridized carbons (Fsp3) is 0.900. The quantitative estimate of drug-likeness (QED) is 0.689. The van der Waals surface area contributed by atoms with Gasteiger partial charge in [0.15, 0.2) is 0 Å². The fourth-order valence-electron chi connectivity index (χ4n) is 1.65. The molecule has 1 unspecified atom stereocenters. The monoisotopic (exact) mass is 237 g/mol. The lowest BCUT2D eigenvalue weighted by atomic mass is 9.84. The summed E-state index contributed by atoms with van der Waals surface area (Å²) in [5, 5.41) is 8.95. The molecule has 0 bridgehead atoms. The van der Waals surface area contributed by atoms with Gasteiger partial charge in [-0.15, -0.1) is 0 Å². The van der Waals surface area contributed by atoms with Crippen LogP contribution in [0.2, 0.25) is 0 Å². The second-order valence-electron chi connectivity index (χ2n) is 3.97. The van der Waals surface area contributed by atoms with E-state index in [0.29, 0.717) is 32.5 Å². The van der Waals surface area contributed by atoms with Gasteiger partial charge in [-0.3, -0.25) is 0 Å². The second kappa shape index (κ2) is 5.51. The van der Waals surface area contributed by atoms with E-state index in [4.69, 9.17) is 10.00 Å². The predicted molar refractivity (Wildman–Crippen MR) is 49.6 cm³/mol. The average Bonchev–Trinajstić information content (AvgIpc) is 2.65. The molecule has 92 valence electrons. The third kappa shape index (κ3) is 4.37. The van der Waals surface area contributed by atoms with Crippen LogP contribution in [-0.2, 0) is 9.47 Å². The Labute approximate surface area is 92.1 Å². The largest absolute Gasteiger partial charge is 0.411 e. The lowest BCUT2D eigenvalue weighted by Gasteiger charge is -2.17. The molecule has 0 aromatic heterocycles. The molecule has 0 amide bonds. The van der Waals surface area contributed by atoms with Crippen molar-refractivity contribution in [2.24, 2.45) is 5.41 Å². The van der Waals surface area contributed by atoms with E-state index < -0.39 is 18.2 Å². The zero-order valence-electron chi connectivity index (χ0n) is 8.85. The van der Waals surface area contributed by atoms with Crippen LogP contribution in [0.3, 0.4) is 0 Å². The molecular weight excluding hydrogens is 223 g/mol. The highest BCUT2D eigenvalue weighted by Gasteiger charge is 2.34. The van der Waals surface area contributed by atoms with Crippen LogP contribution in [0.1, 0.15) is 19.3 Å². The molecule has 1 aliphatic heterocycles. The van der Waals surface area contributed by atoms with Crippen LogP contribution in [0.4, 0.5) is 13.2 Å². The van der Waals surface area contributed by atoms with Gasteiger partial charge in [0.25, 0.3) is 0 Å². The van der Waals surface area contributed by atoms with Crippen LogP contribution in [-0.4, -0.2) is 32.6 Å². The number of halogens is 3. The SMILES string of the molecule is N#CC1(CCCOCC(F)(F)F)CCOC1. The van der Waals surface area contributed by atoms with E-state index in [9.17, 15) is 13.2 Å². The minimum Gasteiger partial charge on any atom is -0.380 e. The zero-order chi connectivity index (χ0) is 12.1. The maximum Gasteiger partial charge on any atom is 0.411 e. The normalized spacial score (nSPS) is 25.6. The van der Waals surface area contributed by atoms with E-state index in [-0.39, 0.29) is 6.61 Å². The number of nitriles is 1. The molecule has 0 N–H and O–H groups in total. The smallest absolute Gasteiger partial charge is 0.380 e. The first-order valence-electron chi connectivity index (χ1n) is 5.11. The van der Waals surface area contributed by atoms with Gasteiger partial charge in [0.1, 0.15) is 6.61 Å².